The van der Waals surface area contributed by atoms with Gasteiger partial charge in [-0.15, -0.1) is 0 Å². The van der Waals surface area contributed by atoms with Crippen LogP contribution in [0.3, 0.4) is 0 Å². The number of hydrogen-bond acceptors (Lipinski definition) is 1. The monoisotopic (exact) mass is 645 g/mol. The lowest BCUT2D eigenvalue weighted by Crippen LogP contribution is -2.33. The van der Waals surface area contributed by atoms with Crippen LogP contribution in [0, 0.1) is 20.8 Å². The summed E-state index contributed by atoms with van der Waals surface area (Å²) in [6, 6.07) is 45.1. The number of hydrogen-bond donors (Lipinski definition) is 1. The molecule has 0 spiro atoms. The molecular formula is C48H44BN. The molecule has 2 heteroatoms. The lowest BCUT2D eigenvalue weighted by molar-refractivity contribution is 0.660. The summed E-state index contributed by atoms with van der Waals surface area (Å²) >= 11 is 0. The highest BCUT2D eigenvalue weighted by Gasteiger charge is 2.38. The number of fused-ring (bicyclic) bond motifs is 3. The first kappa shape index (κ1) is 31.9. The van der Waals surface area contributed by atoms with Crippen molar-refractivity contribution in [3.8, 4) is 44.5 Å². The summed E-state index contributed by atoms with van der Waals surface area (Å²) in [7, 11) is 0.849. The average Bonchev–Trinajstić information content (AvgIpc) is 3.64. The highest BCUT2D eigenvalue weighted by molar-refractivity contribution is 6.70. The molecule has 2 aliphatic carbocycles. The van der Waals surface area contributed by atoms with Gasteiger partial charge in [0.2, 0.25) is 0 Å². The van der Waals surface area contributed by atoms with Crippen molar-refractivity contribution in [2.45, 2.75) is 53.4 Å². The van der Waals surface area contributed by atoms with Crippen LogP contribution in [0.1, 0.15) is 55.0 Å². The lowest BCUT2D eigenvalue weighted by atomic mass is 9.58. The molecule has 6 aromatic rings. The Bertz CT molecular complexity index is 2360. The van der Waals surface area contributed by atoms with Gasteiger partial charge >= 0.3 is 0 Å². The van der Waals surface area contributed by atoms with E-state index in [1.165, 1.54) is 100 Å². The van der Waals surface area contributed by atoms with Crippen molar-refractivity contribution in [2.24, 2.45) is 0 Å². The molecule has 2 aliphatic rings. The van der Waals surface area contributed by atoms with Crippen molar-refractivity contribution in [1.29, 1.82) is 0 Å². The molecule has 0 atom stereocenters. The molecule has 0 saturated heterocycles. The third kappa shape index (κ3) is 5.35. The summed E-state index contributed by atoms with van der Waals surface area (Å²) in [6.45, 7) is 13.8. The smallest absolute Gasteiger partial charge is 0.193 e. The van der Waals surface area contributed by atoms with Gasteiger partial charge in [-0.25, -0.2) is 0 Å². The third-order valence-corrected chi connectivity index (χ3v) is 11.3. The molecule has 0 saturated carbocycles. The van der Waals surface area contributed by atoms with Gasteiger partial charge in [0.15, 0.2) is 7.28 Å². The number of benzene rings is 6. The van der Waals surface area contributed by atoms with E-state index in [4.69, 9.17) is 0 Å². The molecule has 0 unspecified atom stereocenters. The van der Waals surface area contributed by atoms with E-state index in [0.29, 0.717) is 0 Å². The molecule has 0 fully saturated rings. The second-order valence-corrected chi connectivity index (χ2v) is 14.7. The zero-order valence-corrected chi connectivity index (χ0v) is 30.1. The standard InChI is InChI=1S/C48H44BN/c1-30-16-10-11-20-36(30)37-22-15-24-43(33(37)4)49-46-32(3)28-35(34-18-8-7-9-19-34)29-40(46)38-26-27-42-45(47(38)50-44-25-14-17-31(44)2)39-21-12-13-23-41(39)48(42,5)6/h7-13,15-29,49-50H,14H2,1-6H3. The van der Waals surface area contributed by atoms with Crippen LogP contribution in [0.5, 0.6) is 0 Å². The Morgan fingerprint density at radius 3 is 2.04 bits per heavy atom. The zero-order chi connectivity index (χ0) is 34.6. The maximum absolute atomic E-state index is 4.05. The summed E-state index contributed by atoms with van der Waals surface area (Å²) in [5, 5.41) is 4.05. The zero-order valence-electron chi connectivity index (χ0n) is 30.1. The predicted molar refractivity (Wildman–Crippen MR) is 217 cm³/mol. The van der Waals surface area contributed by atoms with Crippen molar-refractivity contribution in [2.75, 3.05) is 5.32 Å². The number of anilines is 1. The Balaban J connectivity index is 1.38. The Morgan fingerprint density at radius 1 is 0.560 bits per heavy atom. The van der Waals surface area contributed by atoms with Gasteiger partial charge in [0.1, 0.15) is 0 Å². The molecule has 0 bridgehead atoms. The maximum atomic E-state index is 4.05. The molecule has 0 aromatic heterocycles. The first-order valence-corrected chi connectivity index (χ1v) is 18.0. The molecule has 6 aromatic carbocycles. The summed E-state index contributed by atoms with van der Waals surface area (Å²) in [4.78, 5) is 0. The SMILES string of the molecule is CC1=CCC=C1Nc1c(-c2cc(-c3ccccc3)cc(C)c2Bc2cccc(-c3ccccc3C)c2C)ccc2c1-c1ccccc1C2(C)C. The van der Waals surface area contributed by atoms with Crippen molar-refractivity contribution >= 4 is 23.9 Å². The minimum absolute atomic E-state index is 0.0897. The fourth-order valence-electron chi connectivity index (χ4n) is 8.38. The Morgan fingerprint density at radius 2 is 1.28 bits per heavy atom. The van der Waals surface area contributed by atoms with Gasteiger partial charge < -0.3 is 5.32 Å². The lowest BCUT2D eigenvalue weighted by Gasteiger charge is -2.25. The highest BCUT2D eigenvalue weighted by Crippen LogP contribution is 2.54. The van der Waals surface area contributed by atoms with Crippen LogP contribution in [0.25, 0.3) is 44.5 Å². The van der Waals surface area contributed by atoms with Crippen LogP contribution in [-0.4, -0.2) is 7.28 Å². The normalized spacial score (nSPS) is 14.1. The first-order valence-electron chi connectivity index (χ1n) is 18.0. The second-order valence-electron chi connectivity index (χ2n) is 14.7. The van der Waals surface area contributed by atoms with Gasteiger partial charge in [-0.1, -0.05) is 158 Å². The number of nitrogens with one attached hydrogen (secondary N) is 1. The minimum Gasteiger partial charge on any atom is -0.355 e. The van der Waals surface area contributed by atoms with E-state index in [1.54, 1.807) is 0 Å². The van der Waals surface area contributed by atoms with Crippen LogP contribution < -0.4 is 16.2 Å². The fourth-order valence-corrected chi connectivity index (χ4v) is 8.38. The minimum atomic E-state index is -0.0897. The first-order chi connectivity index (χ1) is 24.2. The summed E-state index contributed by atoms with van der Waals surface area (Å²) < 4.78 is 0. The van der Waals surface area contributed by atoms with E-state index >= 15 is 0 Å². The van der Waals surface area contributed by atoms with Crippen molar-refractivity contribution in [3.63, 3.8) is 0 Å². The predicted octanol–water partition coefficient (Wildman–Crippen LogP) is 11.0. The molecule has 1 nitrogen and oxygen atoms in total. The van der Waals surface area contributed by atoms with E-state index in [0.717, 1.165) is 13.7 Å². The van der Waals surface area contributed by atoms with E-state index in [1.807, 2.05) is 0 Å². The molecule has 0 heterocycles. The quantitative estimate of drug-likeness (QED) is 0.170. The fraction of sp³-hybridized carbons (Fsp3) is 0.167. The largest absolute Gasteiger partial charge is 0.355 e. The Kier molecular flexibility index (Phi) is 7.99. The van der Waals surface area contributed by atoms with Crippen molar-refractivity contribution in [1.82, 2.24) is 0 Å². The number of allylic oxidation sites excluding steroid dienone is 3. The highest BCUT2D eigenvalue weighted by atomic mass is 14.9. The van der Waals surface area contributed by atoms with E-state index < -0.39 is 0 Å². The molecule has 0 radical (unpaired) electrons. The molecule has 0 aliphatic heterocycles. The van der Waals surface area contributed by atoms with Crippen LogP contribution in [0.4, 0.5) is 5.69 Å². The number of rotatable bonds is 7. The second kappa shape index (κ2) is 12.5. The van der Waals surface area contributed by atoms with Gasteiger partial charge in [-0.05, 0) is 101 Å². The molecule has 1 N–H and O–H groups in total. The Labute approximate surface area is 298 Å². The van der Waals surface area contributed by atoms with Gasteiger partial charge in [-0.2, -0.15) is 0 Å². The molecule has 50 heavy (non-hydrogen) atoms. The molecule has 244 valence electrons. The van der Waals surface area contributed by atoms with Crippen molar-refractivity contribution in [3.05, 3.63) is 173 Å². The Hall–Kier alpha value is -5.34. The maximum Gasteiger partial charge on any atom is 0.193 e. The topological polar surface area (TPSA) is 12.0 Å². The van der Waals surface area contributed by atoms with Crippen LogP contribution in [0.2, 0.25) is 0 Å². The van der Waals surface area contributed by atoms with Crippen LogP contribution >= 0.6 is 0 Å². The molecular weight excluding hydrogens is 601 g/mol. The third-order valence-electron chi connectivity index (χ3n) is 11.3. The van der Waals surface area contributed by atoms with Gasteiger partial charge in [-0.3, -0.25) is 0 Å². The van der Waals surface area contributed by atoms with Crippen molar-refractivity contribution < 1.29 is 0 Å². The van der Waals surface area contributed by atoms with Gasteiger partial charge in [0.25, 0.3) is 0 Å². The molecule has 8 rings (SSSR count). The summed E-state index contributed by atoms with van der Waals surface area (Å²) in [6.07, 6.45) is 5.61. The van der Waals surface area contributed by atoms with Gasteiger partial charge in [0.05, 0.1) is 5.69 Å². The van der Waals surface area contributed by atoms with E-state index in [2.05, 4.69) is 180 Å². The van der Waals surface area contributed by atoms with Crippen LogP contribution in [0.15, 0.2) is 145 Å². The van der Waals surface area contributed by atoms with Gasteiger partial charge in [0, 0.05) is 22.2 Å². The van der Waals surface area contributed by atoms with E-state index in [-0.39, 0.29) is 5.41 Å². The van der Waals surface area contributed by atoms with Crippen LogP contribution in [-0.2, 0) is 5.41 Å². The number of aryl methyl sites for hydroxylation is 2. The van der Waals surface area contributed by atoms with E-state index in [9.17, 15) is 0 Å². The summed E-state index contributed by atoms with van der Waals surface area (Å²) in [5.74, 6) is 0. The molecule has 0 amide bonds. The summed E-state index contributed by atoms with van der Waals surface area (Å²) in [5.41, 5.74) is 23.4. The average molecular weight is 646 g/mol.